The van der Waals surface area contributed by atoms with Gasteiger partial charge in [0.2, 0.25) is 5.91 Å². The van der Waals surface area contributed by atoms with Crippen LogP contribution in [0, 0.1) is 5.41 Å². The standard InChI is InChI=1S/C28H35Cl2NOS/c1-5-16-28(7-3)18-25(21-10-9-11-23(30)17-21)26(20-12-14-22(29)15-13-20)31(27(28)32)24(6-2)19-33-8-4/h5,9-15,17,24-26H,1,6-8,16,18-19H2,2-4H3/t24-,25?,26?,28?/m0/s1. The maximum Gasteiger partial charge on any atom is 0.229 e. The number of hydrogen-bond acceptors (Lipinski definition) is 2. The summed E-state index contributed by atoms with van der Waals surface area (Å²) in [7, 11) is 0. The first-order chi connectivity index (χ1) is 15.9. The molecule has 0 bridgehead atoms. The van der Waals surface area contributed by atoms with E-state index in [9.17, 15) is 4.79 Å². The van der Waals surface area contributed by atoms with Crippen molar-refractivity contribution in [1.29, 1.82) is 0 Å². The largest absolute Gasteiger partial charge is 0.331 e. The molecule has 4 atom stereocenters. The topological polar surface area (TPSA) is 20.3 Å². The molecule has 1 amide bonds. The van der Waals surface area contributed by atoms with Gasteiger partial charge >= 0.3 is 0 Å². The van der Waals surface area contributed by atoms with Crippen LogP contribution in [-0.4, -0.2) is 28.4 Å². The highest BCUT2D eigenvalue weighted by atomic mass is 35.5. The molecule has 1 fully saturated rings. The van der Waals surface area contributed by atoms with Crippen molar-refractivity contribution in [3.8, 4) is 0 Å². The third kappa shape index (κ3) is 5.63. The lowest BCUT2D eigenvalue weighted by atomic mass is 9.65. The van der Waals surface area contributed by atoms with E-state index in [1.54, 1.807) is 0 Å². The average Bonchev–Trinajstić information content (AvgIpc) is 2.82. The molecule has 0 spiro atoms. The van der Waals surface area contributed by atoms with Gasteiger partial charge in [-0.25, -0.2) is 0 Å². The highest BCUT2D eigenvalue weighted by Crippen LogP contribution is 2.53. The summed E-state index contributed by atoms with van der Waals surface area (Å²) in [4.78, 5) is 16.6. The second kappa shape index (κ2) is 11.8. The maximum absolute atomic E-state index is 14.3. The Morgan fingerprint density at radius 2 is 1.85 bits per heavy atom. The number of amides is 1. The van der Waals surface area contributed by atoms with E-state index in [1.807, 2.05) is 42.1 Å². The predicted molar refractivity (Wildman–Crippen MR) is 144 cm³/mol. The fourth-order valence-electron chi connectivity index (χ4n) is 5.23. The number of carbonyl (C=O) groups is 1. The summed E-state index contributed by atoms with van der Waals surface area (Å²) in [5, 5.41) is 1.43. The average molecular weight is 505 g/mol. The first-order valence-corrected chi connectivity index (χ1v) is 13.8. The summed E-state index contributed by atoms with van der Waals surface area (Å²) in [6.45, 7) is 10.5. The number of allylic oxidation sites excluding steroid dienone is 1. The first-order valence-electron chi connectivity index (χ1n) is 11.9. The van der Waals surface area contributed by atoms with E-state index in [1.165, 1.54) is 5.56 Å². The third-order valence-electron chi connectivity index (χ3n) is 7.06. The molecular formula is C28H35Cl2NOS. The quantitative estimate of drug-likeness (QED) is 0.302. The van der Waals surface area contributed by atoms with Crippen molar-refractivity contribution in [3.63, 3.8) is 0 Å². The summed E-state index contributed by atoms with van der Waals surface area (Å²) < 4.78 is 0. The summed E-state index contributed by atoms with van der Waals surface area (Å²) in [6.07, 6.45) is 5.07. The lowest BCUT2D eigenvalue weighted by Gasteiger charge is -2.53. The zero-order chi connectivity index (χ0) is 24.0. The van der Waals surface area contributed by atoms with Crippen LogP contribution in [-0.2, 0) is 4.79 Å². The Bertz CT molecular complexity index is 947. The minimum absolute atomic E-state index is 0.0693. The number of thioether (sulfide) groups is 1. The summed E-state index contributed by atoms with van der Waals surface area (Å²) in [5.41, 5.74) is 1.85. The van der Waals surface area contributed by atoms with Gasteiger partial charge in [-0.05, 0) is 66.8 Å². The highest BCUT2D eigenvalue weighted by Gasteiger charge is 2.52. The van der Waals surface area contributed by atoms with Gasteiger partial charge in [0.15, 0.2) is 0 Å². The molecule has 0 aromatic heterocycles. The predicted octanol–water partition coefficient (Wildman–Crippen LogP) is 8.55. The smallest absolute Gasteiger partial charge is 0.229 e. The maximum atomic E-state index is 14.3. The van der Waals surface area contributed by atoms with E-state index >= 15 is 0 Å². The van der Waals surface area contributed by atoms with E-state index in [-0.39, 0.29) is 23.9 Å². The van der Waals surface area contributed by atoms with Crippen LogP contribution < -0.4 is 0 Å². The minimum Gasteiger partial charge on any atom is -0.331 e. The molecule has 3 unspecified atom stereocenters. The summed E-state index contributed by atoms with van der Waals surface area (Å²) >= 11 is 14.6. The van der Waals surface area contributed by atoms with Gasteiger partial charge in [-0.3, -0.25) is 4.79 Å². The van der Waals surface area contributed by atoms with Gasteiger partial charge in [-0.15, -0.1) is 6.58 Å². The van der Waals surface area contributed by atoms with Gasteiger partial charge in [0.25, 0.3) is 0 Å². The van der Waals surface area contributed by atoms with E-state index in [0.29, 0.717) is 11.4 Å². The summed E-state index contributed by atoms with van der Waals surface area (Å²) in [5.74, 6) is 2.35. The van der Waals surface area contributed by atoms with Crippen molar-refractivity contribution < 1.29 is 4.79 Å². The zero-order valence-electron chi connectivity index (χ0n) is 19.9. The van der Waals surface area contributed by atoms with Crippen molar-refractivity contribution in [2.45, 2.75) is 64.5 Å². The van der Waals surface area contributed by atoms with Gasteiger partial charge < -0.3 is 4.90 Å². The molecule has 1 aliphatic rings. The monoisotopic (exact) mass is 503 g/mol. The Labute approximate surface area is 213 Å². The van der Waals surface area contributed by atoms with Crippen LogP contribution in [0.2, 0.25) is 10.0 Å². The van der Waals surface area contributed by atoms with Crippen LogP contribution in [0.5, 0.6) is 0 Å². The van der Waals surface area contributed by atoms with Crippen molar-refractivity contribution in [1.82, 2.24) is 4.90 Å². The van der Waals surface area contributed by atoms with Crippen molar-refractivity contribution in [2.75, 3.05) is 11.5 Å². The molecule has 2 aromatic carbocycles. The first kappa shape index (κ1) is 26.2. The lowest BCUT2D eigenvalue weighted by Crippen LogP contribution is -2.56. The lowest BCUT2D eigenvalue weighted by molar-refractivity contribution is -0.155. The molecule has 3 rings (SSSR count). The summed E-state index contributed by atoms with van der Waals surface area (Å²) in [6, 6.07) is 16.3. The number of carbonyl (C=O) groups excluding carboxylic acids is 1. The number of halogens is 2. The molecule has 0 radical (unpaired) electrons. The number of benzene rings is 2. The molecule has 0 saturated carbocycles. The number of nitrogens with zero attached hydrogens (tertiary/aromatic N) is 1. The molecule has 0 aliphatic carbocycles. The van der Waals surface area contributed by atoms with Crippen LogP contribution in [0.25, 0.3) is 0 Å². The molecule has 1 heterocycles. The third-order valence-corrected chi connectivity index (χ3v) is 8.57. The van der Waals surface area contributed by atoms with Crippen molar-refractivity contribution >= 4 is 40.9 Å². The SMILES string of the molecule is C=CCC1(CC)CC(c2cccc(Cl)c2)C(c2ccc(Cl)cc2)N([C@@H](CC)CSCC)C1=O. The minimum atomic E-state index is -0.456. The molecule has 5 heteroatoms. The van der Waals surface area contributed by atoms with Crippen LogP contribution in [0.3, 0.4) is 0 Å². The van der Waals surface area contributed by atoms with E-state index < -0.39 is 5.41 Å². The van der Waals surface area contributed by atoms with Crippen LogP contribution in [0.15, 0.2) is 61.2 Å². The Morgan fingerprint density at radius 1 is 1.12 bits per heavy atom. The normalized spacial score (nSPS) is 24.0. The second-order valence-electron chi connectivity index (χ2n) is 8.92. The zero-order valence-corrected chi connectivity index (χ0v) is 22.2. The fraction of sp³-hybridized carbons (Fsp3) is 0.464. The van der Waals surface area contributed by atoms with E-state index in [4.69, 9.17) is 23.2 Å². The fourth-order valence-corrected chi connectivity index (χ4v) is 6.46. The van der Waals surface area contributed by atoms with Crippen molar-refractivity contribution in [3.05, 3.63) is 82.4 Å². The number of hydrogen-bond donors (Lipinski definition) is 0. The Hall–Kier alpha value is -1.42. The van der Waals surface area contributed by atoms with Gasteiger partial charge in [-0.1, -0.05) is 74.3 Å². The molecule has 2 aromatic rings. The number of likely N-dealkylation sites (tertiary alicyclic amines) is 1. The van der Waals surface area contributed by atoms with Crippen molar-refractivity contribution in [2.24, 2.45) is 5.41 Å². The van der Waals surface area contributed by atoms with Gasteiger partial charge in [0.1, 0.15) is 0 Å². The molecular weight excluding hydrogens is 469 g/mol. The van der Waals surface area contributed by atoms with Gasteiger partial charge in [-0.2, -0.15) is 11.8 Å². The number of rotatable bonds is 10. The van der Waals surface area contributed by atoms with E-state index in [2.05, 4.69) is 56.5 Å². The Kier molecular flexibility index (Phi) is 9.38. The molecule has 1 aliphatic heterocycles. The van der Waals surface area contributed by atoms with Crippen LogP contribution >= 0.6 is 35.0 Å². The molecule has 178 valence electrons. The molecule has 0 N–H and O–H groups in total. The number of piperidine rings is 1. The van der Waals surface area contributed by atoms with Gasteiger partial charge in [0.05, 0.1) is 11.5 Å². The molecule has 1 saturated heterocycles. The Morgan fingerprint density at radius 3 is 2.42 bits per heavy atom. The molecule has 2 nitrogen and oxygen atoms in total. The van der Waals surface area contributed by atoms with E-state index in [0.717, 1.165) is 41.4 Å². The Balaban J connectivity index is 2.23. The van der Waals surface area contributed by atoms with Crippen LogP contribution in [0.4, 0.5) is 0 Å². The van der Waals surface area contributed by atoms with Gasteiger partial charge in [0, 0.05) is 27.8 Å². The highest BCUT2D eigenvalue weighted by molar-refractivity contribution is 7.99. The van der Waals surface area contributed by atoms with Crippen LogP contribution in [0.1, 0.15) is 69.5 Å². The molecule has 33 heavy (non-hydrogen) atoms. The second-order valence-corrected chi connectivity index (χ2v) is 11.1.